The van der Waals surface area contributed by atoms with Crippen LogP contribution in [0, 0.1) is 11.3 Å². The fourth-order valence-electron chi connectivity index (χ4n) is 2.57. The van der Waals surface area contributed by atoms with Gasteiger partial charge in [0.1, 0.15) is 0 Å². The van der Waals surface area contributed by atoms with Gasteiger partial charge in [-0.15, -0.1) is 0 Å². The zero-order valence-corrected chi connectivity index (χ0v) is 7.50. The summed E-state index contributed by atoms with van der Waals surface area (Å²) in [6.07, 6.45) is 6.38. The molecule has 0 aromatic carbocycles. The molecule has 0 bridgehead atoms. The molecule has 0 spiro atoms. The molecule has 12 heavy (non-hydrogen) atoms. The van der Waals surface area contributed by atoms with Gasteiger partial charge in [-0.05, 0) is 49.9 Å². The number of hydrogen-bond donors (Lipinski definition) is 2. The first kappa shape index (κ1) is 8.52. The van der Waals surface area contributed by atoms with Gasteiger partial charge >= 0.3 is 0 Å². The Balaban J connectivity index is 1.98. The van der Waals surface area contributed by atoms with E-state index in [-0.39, 0.29) is 11.5 Å². The van der Waals surface area contributed by atoms with Crippen molar-refractivity contribution in [2.45, 2.75) is 44.6 Å². The Bertz CT molecular complexity index is 155. The van der Waals surface area contributed by atoms with Crippen molar-refractivity contribution < 1.29 is 10.2 Å². The van der Waals surface area contributed by atoms with Crippen molar-refractivity contribution in [3.8, 4) is 0 Å². The summed E-state index contributed by atoms with van der Waals surface area (Å²) in [5.41, 5.74) is 0.208. The monoisotopic (exact) mass is 170 g/mol. The third kappa shape index (κ3) is 1.38. The summed E-state index contributed by atoms with van der Waals surface area (Å²) in [6.45, 7) is 0.338. The maximum absolute atomic E-state index is 9.36. The molecule has 0 saturated heterocycles. The molecular weight excluding hydrogens is 152 g/mol. The van der Waals surface area contributed by atoms with E-state index < -0.39 is 0 Å². The zero-order valence-electron chi connectivity index (χ0n) is 7.50. The van der Waals surface area contributed by atoms with E-state index >= 15 is 0 Å². The van der Waals surface area contributed by atoms with Gasteiger partial charge in [-0.1, -0.05) is 0 Å². The lowest BCUT2D eigenvalue weighted by molar-refractivity contribution is 0.00957. The SMILES string of the molecule is OCC1(C2CC2)CCC(O)CC1. The van der Waals surface area contributed by atoms with E-state index in [1.165, 1.54) is 12.8 Å². The van der Waals surface area contributed by atoms with Crippen molar-refractivity contribution in [2.24, 2.45) is 11.3 Å². The van der Waals surface area contributed by atoms with Gasteiger partial charge < -0.3 is 10.2 Å². The Labute approximate surface area is 73.6 Å². The lowest BCUT2D eigenvalue weighted by Crippen LogP contribution is -2.34. The summed E-state index contributed by atoms with van der Waals surface area (Å²) >= 11 is 0. The van der Waals surface area contributed by atoms with Gasteiger partial charge in [-0.3, -0.25) is 0 Å². The highest BCUT2D eigenvalue weighted by molar-refractivity contribution is 4.96. The second kappa shape index (κ2) is 3.00. The first-order valence-electron chi connectivity index (χ1n) is 5.06. The highest BCUT2D eigenvalue weighted by Crippen LogP contribution is 2.53. The minimum absolute atomic E-state index is 0.0941. The van der Waals surface area contributed by atoms with Crippen molar-refractivity contribution in [1.82, 2.24) is 0 Å². The quantitative estimate of drug-likeness (QED) is 0.656. The van der Waals surface area contributed by atoms with Crippen LogP contribution >= 0.6 is 0 Å². The summed E-state index contributed by atoms with van der Waals surface area (Å²) in [5, 5.41) is 18.7. The van der Waals surface area contributed by atoms with Crippen LogP contribution in [0.2, 0.25) is 0 Å². The summed E-state index contributed by atoms with van der Waals surface area (Å²) in [5.74, 6) is 0.773. The molecule has 0 unspecified atom stereocenters. The number of aliphatic hydroxyl groups is 2. The maximum Gasteiger partial charge on any atom is 0.0540 e. The van der Waals surface area contributed by atoms with Crippen molar-refractivity contribution in [2.75, 3.05) is 6.61 Å². The van der Waals surface area contributed by atoms with Gasteiger partial charge in [0.15, 0.2) is 0 Å². The van der Waals surface area contributed by atoms with Crippen molar-refractivity contribution in [3.63, 3.8) is 0 Å². The van der Waals surface area contributed by atoms with Crippen LogP contribution in [0.15, 0.2) is 0 Å². The molecule has 2 heteroatoms. The van der Waals surface area contributed by atoms with Crippen LogP contribution in [-0.4, -0.2) is 22.9 Å². The van der Waals surface area contributed by atoms with Crippen LogP contribution in [-0.2, 0) is 0 Å². The summed E-state index contributed by atoms with van der Waals surface area (Å²) in [4.78, 5) is 0. The summed E-state index contributed by atoms with van der Waals surface area (Å²) < 4.78 is 0. The standard InChI is InChI=1S/C10H18O2/c11-7-10(8-1-2-8)5-3-9(12)4-6-10/h8-9,11-12H,1-7H2. The molecule has 0 radical (unpaired) electrons. The lowest BCUT2D eigenvalue weighted by atomic mass is 9.70. The van der Waals surface area contributed by atoms with Crippen LogP contribution in [0.4, 0.5) is 0 Å². The van der Waals surface area contributed by atoms with Crippen LogP contribution < -0.4 is 0 Å². The lowest BCUT2D eigenvalue weighted by Gasteiger charge is -2.37. The van der Waals surface area contributed by atoms with Crippen LogP contribution in [0.3, 0.4) is 0 Å². The first-order chi connectivity index (χ1) is 5.77. The molecule has 0 aromatic rings. The molecule has 0 aromatic heterocycles. The van der Waals surface area contributed by atoms with Crippen molar-refractivity contribution in [3.05, 3.63) is 0 Å². The van der Waals surface area contributed by atoms with Gasteiger partial charge in [0.2, 0.25) is 0 Å². The predicted molar refractivity (Wildman–Crippen MR) is 46.7 cm³/mol. The van der Waals surface area contributed by atoms with Crippen LogP contribution in [0.1, 0.15) is 38.5 Å². The van der Waals surface area contributed by atoms with E-state index in [1.807, 2.05) is 0 Å². The average molecular weight is 170 g/mol. The number of hydrogen-bond acceptors (Lipinski definition) is 2. The van der Waals surface area contributed by atoms with Crippen LogP contribution in [0.25, 0.3) is 0 Å². The highest BCUT2D eigenvalue weighted by Gasteiger charge is 2.46. The zero-order chi connectivity index (χ0) is 8.60. The van der Waals surface area contributed by atoms with Gasteiger partial charge in [0, 0.05) is 6.61 Å². The largest absolute Gasteiger partial charge is 0.396 e. The molecule has 70 valence electrons. The van der Waals surface area contributed by atoms with E-state index in [9.17, 15) is 10.2 Å². The molecule has 0 heterocycles. The fraction of sp³-hybridized carbons (Fsp3) is 1.00. The molecule has 2 N–H and O–H groups in total. The Hall–Kier alpha value is -0.0800. The normalized spacial score (nSPS) is 43.0. The van der Waals surface area contributed by atoms with Gasteiger partial charge in [0.25, 0.3) is 0 Å². The molecule has 2 rings (SSSR count). The Kier molecular flexibility index (Phi) is 2.13. The molecular formula is C10H18O2. The molecule has 2 aliphatic rings. The summed E-state index contributed by atoms with van der Waals surface area (Å²) in [6, 6.07) is 0. The first-order valence-corrected chi connectivity index (χ1v) is 5.06. The minimum atomic E-state index is -0.0941. The van der Waals surface area contributed by atoms with Crippen LogP contribution in [0.5, 0.6) is 0 Å². The van der Waals surface area contributed by atoms with Gasteiger partial charge in [-0.25, -0.2) is 0 Å². The van der Waals surface area contributed by atoms with Gasteiger partial charge in [-0.2, -0.15) is 0 Å². The molecule has 2 aliphatic carbocycles. The Morgan fingerprint density at radius 3 is 2.08 bits per heavy atom. The molecule has 2 fully saturated rings. The number of rotatable bonds is 2. The maximum atomic E-state index is 9.36. The topological polar surface area (TPSA) is 40.5 Å². The fourth-order valence-corrected chi connectivity index (χ4v) is 2.57. The molecule has 2 nitrogen and oxygen atoms in total. The highest BCUT2D eigenvalue weighted by atomic mass is 16.3. The Morgan fingerprint density at radius 1 is 1.08 bits per heavy atom. The van der Waals surface area contributed by atoms with E-state index in [0.717, 1.165) is 31.6 Å². The third-order valence-corrected chi connectivity index (χ3v) is 3.71. The van der Waals surface area contributed by atoms with E-state index in [1.54, 1.807) is 0 Å². The molecule has 0 aliphatic heterocycles. The van der Waals surface area contributed by atoms with E-state index in [0.29, 0.717) is 6.61 Å². The van der Waals surface area contributed by atoms with Crippen molar-refractivity contribution >= 4 is 0 Å². The van der Waals surface area contributed by atoms with E-state index in [2.05, 4.69) is 0 Å². The van der Waals surface area contributed by atoms with E-state index in [4.69, 9.17) is 0 Å². The molecule has 0 atom stereocenters. The molecule has 2 saturated carbocycles. The summed E-state index contributed by atoms with van der Waals surface area (Å²) in [7, 11) is 0. The van der Waals surface area contributed by atoms with Crippen molar-refractivity contribution in [1.29, 1.82) is 0 Å². The Morgan fingerprint density at radius 2 is 1.67 bits per heavy atom. The third-order valence-electron chi connectivity index (χ3n) is 3.71. The predicted octanol–water partition coefficient (Wildman–Crippen LogP) is 1.31. The minimum Gasteiger partial charge on any atom is -0.396 e. The average Bonchev–Trinajstić information content (AvgIpc) is 2.90. The smallest absolute Gasteiger partial charge is 0.0540 e. The second-order valence-electron chi connectivity index (χ2n) is 4.53. The molecule has 0 amide bonds. The second-order valence-corrected chi connectivity index (χ2v) is 4.53. The van der Waals surface area contributed by atoms with Gasteiger partial charge in [0.05, 0.1) is 6.10 Å². The number of aliphatic hydroxyl groups excluding tert-OH is 2.